The van der Waals surface area contributed by atoms with Gasteiger partial charge in [-0.2, -0.15) is 18.2 Å². The highest BCUT2D eigenvalue weighted by Gasteiger charge is 2.30. The summed E-state index contributed by atoms with van der Waals surface area (Å²) in [7, 11) is 0. The molecule has 0 aliphatic rings. The lowest BCUT2D eigenvalue weighted by atomic mass is 10.2. The average Bonchev–Trinajstić information content (AvgIpc) is 3.15. The van der Waals surface area contributed by atoms with Crippen LogP contribution in [0.25, 0.3) is 0 Å². The van der Waals surface area contributed by atoms with Crippen LogP contribution >= 0.6 is 11.8 Å². The van der Waals surface area contributed by atoms with E-state index in [9.17, 15) is 22.8 Å². The van der Waals surface area contributed by atoms with Gasteiger partial charge in [-0.1, -0.05) is 17.3 Å². The van der Waals surface area contributed by atoms with Crippen LogP contribution in [0.2, 0.25) is 0 Å². The molecule has 1 N–H and O–H groups in total. The van der Waals surface area contributed by atoms with E-state index in [0.717, 1.165) is 24.3 Å². The van der Waals surface area contributed by atoms with Crippen molar-refractivity contribution in [1.82, 2.24) is 10.1 Å². The molecule has 1 aromatic heterocycles. The summed E-state index contributed by atoms with van der Waals surface area (Å²) in [6.07, 6.45) is -4.47. The normalized spacial score (nSPS) is 11.2. The van der Waals surface area contributed by atoms with Gasteiger partial charge < -0.3 is 14.6 Å². The number of anilines is 1. The third-order valence-electron chi connectivity index (χ3n) is 3.86. The van der Waals surface area contributed by atoms with Crippen LogP contribution in [-0.2, 0) is 21.5 Å². The van der Waals surface area contributed by atoms with E-state index in [0.29, 0.717) is 22.4 Å². The van der Waals surface area contributed by atoms with Gasteiger partial charge in [0.2, 0.25) is 5.89 Å². The number of alkyl halides is 3. The monoisotopic (exact) mass is 451 g/mol. The Labute approximate surface area is 179 Å². The number of thioether (sulfide) groups is 1. The van der Waals surface area contributed by atoms with Gasteiger partial charge >= 0.3 is 12.1 Å². The maximum absolute atomic E-state index is 12.6. The van der Waals surface area contributed by atoms with Crippen LogP contribution in [0, 0.1) is 6.92 Å². The summed E-state index contributed by atoms with van der Waals surface area (Å²) in [6.45, 7) is 1.10. The standard InChI is InChI=1S/C20H16F3N3O4S/c1-12-24-18(30-26-12)11-31-16-5-3-2-4-15(16)19(28)29-10-17(27)25-14-8-6-13(7-9-14)20(21,22)23/h2-9H,10-11H2,1H3,(H,25,27). The molecule has 0 saturated carbocycles. The molecule has 0 atom stereocenters. The zero-order valence-electron chi connectivity index (χ0n) is 16.1. The van der Waals surface area contributed by atoms with Crippen LogP contribution < -0.4 is 5.32 Å². The smallest absolute Gasteiger partial charge is 0.416 e. The Kier molecular flexibility index (Phi) is 6.95. The van der Waals surface area contributed by atoms with Gasteiger partial charge in [0.15, 0.2) is 12.4 Å². The predicted molar refractivity (Wildman–Crippen MR) is 105 cm³/mol. The van der Waals surface area contributed by atoms with Gasteiger partial charge in [0.25, 0.3) is 5.91 Å². The predicted octanol–water partition coefficient (Wildman–Crippen LogP) is 4.48. The van der Waals surface area contributed by atoms with Crippen molar-refractivity contribution < 1.29 is 32.0 Å². The largest absolute Gasteiger partial charge is 0.452 e. The van der Waals surface area contributed by atoms with E-state index in [1.807, 2.05) is 0 Å². The molecule has 0 aliphatic heterocycles. The van der Waals surface area contributed by atoms with Gasteiger partial charge in [-0.05, 0) is 43.3 Å². The molecule has 0 aliphatic carbocycles. The molecule has 7 nitrogen and oxygen atoms in total. The molecule has 0 bridgehead atoms. The highest BCUT2D eigenvalue weighted by Crippen LogP contribution is 2.30. The molecule has 3 rings (SSSR count). The van der Waals surface area contributed by atoms with Gasteiger partial charge in [-0.15, -0.1) is 11.8 Å². The molecule has 1 amide bonds. The molecule has 2 aromatic carbocycles. The van der Waals surface area contributed by atoms with Crippen LogP contribution in [0.4, 0.5) is 18.9 Å². The molecular weight excluding hydrogens is 435 g/mol. The highest BCUT2D eigenvalue weighted by molar-refractivity contribution is 7.98. The maximum Gasteiger partial charge on any atom is 0.416 e. The second-order valence-electron chi connectivity index (χ2n) is 6.22. The molecule has 0 fully saturated rings. The van der Waals surface area contributed by atoms with Crippen molar-refractivity contribution in [2.24, 2.45) is 0 Å². The molecule has 0 spiro atoms. The first-order valence-electron chi connectivity index (χ1n) is 8.87. The van der Waals surface area contributed by atoms with E-state index in [1.165, 1.54) is 11.8 Å². The van der Waals surface area contributed by atoms with Crippen LogP contribution in [0.1, 0.15) is 27.6 Å². The van der Waals surface area contributed by atoms with Gasteiger partial charge in [0.05, 0.1) is 16.9 Å². The first kappa shape index (κ1) is 22.3. The molecule has 0 radical (unpaired) electrons. The number of ether oxygens (including phenoxy) is 1. The molecule has 162 valence electrons. The molecular formula is C20H16F3N3O4S. The van der Waals surface area contributed by atoms with Crippen molar-refractivity contribution in [3.63, 3.8) is 0 Å². The number of carbonyl (C=O) groups is 2. The lowest BCUT2D eigenvalue weighted by Crippen LogP contribution is -2.21. The second kappa shape index (κ2) is 9.65. The van der Waals surface area contributed by atoms with E-state index >= 15 is 0 Å². The fourth-order valence-corrected chi connectivity index (χ4v) is 3.33. The summed E-state index contributed by atoms with van der Waals surface area (Å²) in [5.41, 5.74) is -0.423. The third kappa shape index (κ3) is 6.32. The van der Waals surface area contributed by atoms with E-state index in [2.05, 4.69) is 15.5 Å². The quantitative estimate of drug-likeness (QED) is 0.418. The number of halogens is 3. The van der Waals surface area contributed by atoms with E-state index < -0.39 is 30.2 Å². The minimum absolute atomic E-state index is 0.153. The summed E-state index contributed by atoms with van der Waals surface area (Å²) in [5.74, 6) is -0.143. The fourth-order valence-electron chi connectivity index (χ4n) is 2.45. The Morgan fingerprint density at radius 1 is 1.13 bits per heavy atom. The lowest BCUT2D eigenvalue weighted by Gasteiger charge is -2.10. The third-order valence-corrected chi connectivity index (χ3v) is 4.92. The summed E-state index contributed by atoms with van der Waals surface area (Å²) in [6, 6.07) is 10.6. The molecule has 3 aromatic rings. The number of aromatic nitrogens is 2. The van der Waals surface area contributed by atoms with E-state index in [4.69, 9.17) is 9.26 Å². The van der Waals surface area contributed by atoms with Crippen molar-refractivity contribution in [2.75, 3.05) is 11.9 Å². The number of carbonyl (C=O) groups excluding carboxylic acids is 2. The molecule has 0 unspecified atom stereocenters. The molecule has 11 heteroatoms. The van der Waals surface area contributed by atoms with Crippen molar-refractivity contribution in [3.05, 3.63) is 71.4 Å². The lowest BCUT2D eigenvalue weighted by molar-refractivity contribution is -0.137. The summed E-state index contributed by atoms with van der Waals surface area (Å²) < 4.78 is 47.8. The van der Waals surface area contributed by atoms with Crippen LogP contribution in [0.3, 0.4) is 0 Å². The van der Waals surface area contributed by atoms with E-state index in [-0.39, 0.29) is 11.3 Å². The minimum Gasteiger partial charge on any atom is -0.452 e. The highest BCUT2D eigenvalue weighted by atomic mass is 32.2. The SMILES string of the molecule is Cc1noc(CSc2ccccc2C(=O)OCC(=O)Nc2ccc(C(F)(F)F)cc2)n1. The Balaban J connectivity index is 1.55. The number of aryl methyl sites for hydroxylation is 1. The number of hydrogen-bond acceptors (Lipinski definition) is 7. The maximum atomic E-state index is 12.6. The van der Waals surface area contributed by atoms with Crippen LogP contribution in [-0.4, -0.2) is 28.6 Å². The number of benzene rings is 2. The average molecular weight is 451 g/mol. The number of nitrogens with zero attached hydrogens (tertiary/aromatic N) is 2. The Bertz CT molecular complexity index is 1070. The van der Waals surface area contributed by atoms with Crippen LogP contribution in [0.15, 0.2) is 57.9 Å². The van der Waals surface area contributed by atoms with Gasteiger partial charge in [-0.25, -0.2) is 4.79 Å². The van der Waals surface area contributed by atoms with Crippen LogP contribution in [0.5, 0.6) is 0 Å². The number of rotatable bonds is 7. The zero-order chi connectivity index (χ0) is 22.4. The first-order valence-corrected chi connectivity index (χ1v) is 9.86. The Hall–Kier alpha value is -3.34. The number of nitrogens with one attached hydrogen (secondary N) is 1. The van der Waals surface area contributed by atoms with Crippen molar-refractivity contribution >= 4 is 29.3 Å². The van der Waals surface area contributed by atoms with E-state index in [1.54, 1.807) is 31.2 Å². The van der Waals surface area contributed by atoms with Gasteiger partial charge in [0, 0.05) is 10.6 Å². The van der Waals surface area contributed by atoms with Crippen molar-refractivity contribution in [2.45, 2.75) is 23.7 Å². The number of esters is 1. The van der Waals surface area contributed by atoms with Crippen molar-refractivity contribution in [1.29, 1.82) is 0 Å². The topological polar surface area (TPSA) is 94.3 Å². The minimum atomic E-state index is -4.47. The Morgan fingerprint density at radius 2 is 1.84 bits per heavy atom. The van der Waals surface area contributed by atoms with Gasteiger partial charge in [-0.3, -0.25) is 4.79 Å². The molecule has 0 saturated heterocycles. The van der Waals surface area contributed by atoms with Gasteiger partial charge in [0.1, 0.15) is 0 Å². The first-order chi connectivity index (χ1) is 14.7. The number of amides is 1. The second-order valence-corrected chi connectivity index (χ2v) is 7.24. The summed E-state index contributed by atoms with van der Waals surface area (Å²) >= 11 is 1.29. The Morgan fingerprint density at radius 3 is 2.48 bits per heavy atom. The fraction of sp³-hybridized carbons (Fsp3) is 0.200. The molecule has 1 heterocycles. The number of hydrogen-bond donors (Lipinski definition) is 1. The summed E-state index contributed by atoms with van der Waals surface area (Å²) in [5, 5.41) is 6.07. The molecule has 31 heavy (non-hydrogen) atoms. The zero-order valence-corrected chi connectivity index (χ0v) is 16.9. The van der Waals surface area contributed by atoms with Crippen molar-refractivity contribution in [3.8, 4) is 0 Å². The summed E-state index contributed by atoms with van der Waals surface area (Å²) in [4.78, 5) is 29.1.